The van der Waals surface area contributed by atoms with Crippen molar-refractivity contribution >= 4 is 5.97 Å². The minimum atomic E-state index is -0.894. The van der Waals surface area contributed by atoms with Gasteiger partial charge in [-0.25, -0.2) is 9.97 Å². The second kappa shape index (κ2) is 5.95. The second-order valence-electron chi connectivity index (χ2n) is 3.95. The Hall–Kier alpha value is -2.43. The molecule has 0 amide bonds. The van der Waals surface area contributed by atoms with Gasteiger partial charge in [-0.3, -0.25) is 4.79 Å². The molecule has 5 nitrogen and oxygen atoms in total. The first-order valence-electron chi connectivity index (χ1n) is 5.95. The first-order valence-corrected chi connectivity index (χ1v) is 5.95. The molecule has 2 aromatic rings. The number of carbonyl (C=O) groups is 1. The van der Waals surface area contributed by atoms with Crippen molar-refractivity contribution in [2.24, 2.45) is 0 Å². The Kier molecular flexibility index (Phi) is 4.07. The summed E-state index contributed by atoms with van der Waals surface area (Å²) in [4.78, 5) is 18.9. The van der Waals surface area contributed by atoms with Crippen LogP contribution in [0, 0.1) is 0 Å². The normalized spacial score (nSPS) is 10.2. The highest BCUT2D eigenvalue weighted by molar-refractivity contribution is 5.70. The molecule has 1 heterocycles. The van der Waals surface area contributed by atoms with Crippen molar-refractivity contribution in [1.82, 2.24) is 9.97 Å². The van der Waals surface area contributed by atoms with Gasteiger partial charge >= 0.3 is 5.97 Å². The number of hydrogen-bond acceptors (Lipinski definition) is 4. The van der Waals surface area contributed by atoms with Gasteiger partial charge in [0.15, 0.2) is 5.82 Å². The smallest absolute Gasteiger partial charge is 0.307 e. The molecule has 1 aromatic carbocycles. The number of aliphatic carboxylic acids is 1. The largest absolute Gasteiger partial charge is 0.494 e. The highest BCUT2D eigenvalue weighted by atomic mass is 16.5. The Morgan fingerprint density at radius 2 is 2.05 bits per heavy atom. The molecule has 0 fully saturated rings. The molecule has 98 valence electrons. The number of aromatic nitrogens is 2. The van der Waals surface area contributed by atoms with Crippen LogP contribution in [0.3, 0.4) is 0 Å². The maximum atomic E-state index is 10.6. The third kappa shape index (κ3) is 3.51. The maximum absolute atomic E-state index is 10.6. The Morgan fingerprint density at radius 3 is 2.68 bits per heavy atom. The minimum Gasteiger partial charge on any atom is -0.494 e. The number of rotatable bonds is 5. The van der Waals surface area contributed by atoms with Crippen molar-refractivity contribution in [2.45, 2.75) is 13.3 Å². The summed E-state index contributed by atoms with van der Waals surface area (Å²) in [5, 5.41) is 8.68. The summed E-state index contributed by atoms with van der Waals surface area (Å²) < 4.78 is 5.41. The summed E-state index contributed by atoms with van der Waals surface area (Å²) in [6.45, 7) is 2.52. The molecule has 19 heavy (non-hydrogen) atoms. The molecular formula is C14H14N2O3. The van der Waals surface area contributed by atoms with E-state index in [2.05, 4.69) is 9.97 Å². The molecule has 2 rings (SSSR count). The summed E-state index contributed by atoms with van der Waals surface area (Å²) in [7, 11) is 0. The molecule has 5 heteroatoms. The van der Waals surface area contributed by atoms with Gasteiger partial charge in [0.2, 0.25) is 0 Å². The summed E-state index contributed by atoms with van der Waals surface area (Å²) in [5.41, 5.74) is 1.42. The van der Waals surface area contributed by atoms with E-state index in [-0.39, 0.29) is 6.42 Å². The van der Waals surface area contributed by atoms with Crippen LogP contribution in [0.4, 0.5) is 0 Å². The average molecular weight is 258 g/mol. The Labute approximate surface area is 110 Å². The van der Waals surface area contributed by atoms with Crippen LogP contribution in [0.15, 0.2) is 36.7 Å². The highest BCUT2D eigenvalue weighted by Crippen LogP contribution is 2.20. The third-order valence-electron chi connectivity index (χ3n) is 2.46. The van der Waals surface area contributed by atoms with Gasteiger partial charge < -0.3 is 9.84 Å². The van der Waals surface area contributed by atoms with Crippen molar-refractivity contribution in [3.63, 3.8) is 0 Å². The molecule has 0 unspecified atom stereocenters. The van der Waals surface area contributed by atoms with E-state index in [4.69, 9.17) is 9.84 Å². The first kappa shape index (κ1) is 13.0. The Balaban J connectivity index is 2.21. The van der Waals surface area contributed by atoms with Crippen molar-refractivity contribution in [3.8, 4) is 17.1 Å². The molecular weight excluding hydrogens is 244 g/mol. The van der Waals surface area contributed by atoms with Gasteiger partial charge in [-0.1, -0.05) is 12.1 Å². The van der Waals surface area contributed by atoms with Crippen molar-refractivity contribution in [2.75, 3.05) is 6.61 Å². The van der Waals surface area contributed by atoms with Gasteiger partial charge in [0.1, 0.15) is 5.75 Å². The number of ether oxygens (including phenoxy) is 1. The van der Waals surface area contributed by atoms with Crippen LogP contribution in [0.25, 0.3) is 11.4 Å². The lowest BCUT2D eigenvalue weighted by atomic mass is 10.2. The molecule has 0 aliphatic heterocycles. The van der Waals surface area contributed by atoms with Gasteiger partial charge in [-0.05, 0) is 24.6 Å². The Bertz CT molecular complexity index is 567. The lowest BCUT2D eigenvalue weighted by molar-refractivity contribution is -0.136. The van der Waals surface area contributed by atoms with E-state index in [1.54, 1.807) is 0 Å². The molecule has 0 aliphatic carbocycles. The van der Waals surface area contributed by atoms with Crippen molar-refractivity contribution in [3.05, 3.63) is 42.2 Å². The van der Waals surface area contributed by atoms with Crippen LogP contribution in [0.2, 0.25) is 0 Å². The van der Waals surface area contributed by atoms with Gasteiger partial charge in [-0.2, -0.15) is 0 Å². The van der Waals surface area contributed by atoms with Gasteiger partial charge in [0, 0.05) is 18.0 Å². The fourth-order valence-corrected chi connectivity index (χ4v) is 1.66. The lowest BCUT2D eigenvalue weighted by Gasteiger charge is -2.05. The molecule has 0 radical (unpaired) electrons. The van der Waals surface area contributed by atoms with E-state index in [1.165, 1.54) is 12.4 Å². The summed E-state index contributed by atoms with van der Waals surface area (Å²) >= 11 is 0. The SMILES string of the molecule is CCOc1cccc(-c2ncc(CC(=O)O)cn2)c1. The summed E-state index contributed by atoms with van der Waals surface area (Å²) in [5.74, 6) is 0.420. The van der Waals surface area contributed by atoms with Crippen LogP contribution in [0.5, 0.6) is 5.75 Å². The number of hydrogen-bond donors (Lipinski definition) is 1. The molecule has 0 saturated heterocycles. The molecule has 0 bridgehead atoms. The number of benzene rings is 1. The van der Waals surface area contributed by atoms with E-state index >= 15 is 0 Å². The molecule has 0 aliphatic rings. The first-order chi connectivity index (χ1) is 9.19. The van der Waals surface area contributed by atoms with Crippen LogP contribution < -0.4 is 4.74 Å². The zero-order valence-electron chi connectivity index (χ0n) is 10.5. The number of carboxylic acid groups (broad SMARTS) is 1. The fraction of sp³-hybridized carbons (Fsp3) is 0.214. The molecule has 1 N–H and O–H groups in total. The number of nitrogens with zero attached hydrogens (tertiary/aromatic N) is 2. The van der Waals surface area contributed by atoms with E-state index in [0.29, 0.717) is 18.0 Å². The van der Waals surface area contributed by atoms with E-state index in [1.807, 2.05) is 31.2 Å². The van der Waals surface area contributed by atoms with Gasteiger partial charge in [0.05, 0.1) is 13.0 Å². The van der Waals surface area contributed by atoms with E-state index in [9.17, 15) is 4.79 Å². The van der Waals surface area contributed by atoms with Crippen LogP contribution in [0.1, 0.15) is 12.5 Å². The fourth-order valence-electron chi connectivity index (χ4n) is 1.66. The topological polar surface area (TPSA) is 72.3 Å². The monoisotopic (exact) mass is 258 g/mol. The lowest BCUT2D eigenvalue weighted by Crippen LogP contribution is -2.01. The van der Waals surface area contributed by atoms with E-state index < -0.39 is 5.97 Å². The summed E-state index contributed by atoms with van der Waals surface area (Å²) in [6, 6.07) is 7.48. The maximum Gasteiger partial charge on any atom is 0.307 e. The molecule has 0 atom stereocenters. The summed E-state index contributed by atoms with van der Waals surface area (Å²) in [6.07, 6.45) is 2.99. The van der Waals surface area contributed by atoms with Gasteiger partial charge in [-0.15, -0.1) is 0 Å². The predicted molar refractivity (Wildman–Crippen MR) is 70.0 cm³/mol. The molecule has 1 aromatic heterocycles. The number of carboxylic acids is 1. The average Bonchev–Trinajstić information content (AvgIpc) is 2.40. The molecule has 0 saturated carbocycles. The quantitative estimate of drug-likeness (QED) is 0.889. The zero-order valence-corrected chi connectivity index (χ0v) is 10.5. The zero-order chi connectivity index (χ0) is 13.7. The van der Waals surface area contributed by atoms with Crippen LogP contribution in [-0.2, 0) is 11.2 Å². The molecule has 0 spiro atoms. The third-order valence-corrected chi connectivity index (χ3v) is 2.46. The highest BCUT2D eigenvalue weighted by Gasteiger charge is 2.05. The Morgan fingerprint density at radius 1 is 1.32 bits per heavy atom. The van der Waals surface area contributed by atoms with Gasteiger partial charge in [0.25, 0.3) is 0 Å². The van der Waals surface area contributed by atoms with Crippen molar-refractivity contribution < 1.29 is 14.6 Å². The predicted octanol–water partition coefficient (Wildman–Crippen LogP) is 2.17. The standard InChI is InChI=1S/C14H14N2O3/c1-2-19-12-5-3-4-11(7-12)14-15-8-10(9-16-14)6-13(17)18/h3-5,7-9H,2,6H2,1H3,(H,17,18). The van der Waals surface area contributed by atoms with Crippen LogP contribution in [-0.4, -0.2) is 27.7 Å². The van der Waals surface area contributed by atoms with Crippen molar-refractivity contribution in [1.29, 1.82) is 0 Å². The van der Waals surface area contributed by atoms with Crippen LogP contribution >= 0.6 is 0 Å². The van der Waals surface area contributed by atoms with E-state index in [0.717, 1.165) is 11.3 Å². The minimum absolute atomic E-state index is 0.0702. The second-order valence-corrected chi connectivity index (χ2v) is 3.95.